The van der Waals surface area contributed by atoms with Crippen LogP contribution in [0.5, 0.6) is 11.5 Å². The second kappa shape index (κ2) is 9.05. The predicted molar refractivity (Wildman–Crippen MR) is 107 cm³/mol. The van der Waals surface area contributed by atoms with Crippen LogP contribution >= 0.6 is 23.1 Å². The first kappa shape index (κ1) is 19.4. The van der Waals surface area contributed by atoms with Crippen molar-refractivity contribution in [3.05, 3.63) is 41.0 Å². The molecule has 0 aliphatic heterocycles. The number of carbonyl (C=O) groups excluding carboxylic acids is 1. The van der Waals surface area contributed by atoms with Gasteiger partial charge in [-0.3, -0.25) is 4.79 Å². The quantitative estimate of drug-likeness (QED) is 0.243. The van der Waals surface area contributed by atoms with Crippen LogP contribution in [0.4, 0.5) is 0 Å². The molecule has 1 aromatic carbocycles. The van der Waals surface area contributed by atoms with E-state index in [4.69, 9.17) is 14.2 Å². The molecule has 0 spiro atoms. The molecule has 2 heterocycles. The van der Waals surface area contributed by atoms with Crippen molar-refractivity contribution in [3.63, 3.8) is 0 Å². The maximum atomic E-state index is 12.0. The van der Waals surface area contributed by atoms with E-state index in [9.17, 15) is 4.79 Å². The van der Waals surface area contributed by atoms with E-state index in [1.165, 1.54) is 28.5 Å². The van der Waals surface area contributed by atoms with E-state index in [0.717, 1.165) is 21.0 Å². The summed E-state index contributed by atoms with van der Waals surface area (Å²) < 4.78 is 15.9. The first-order chi connectivity index (χ1) is 13.1. The van der Waals surface area contributed by atoms with Gasteiger partial charge in [0.05, 0.1) is 12.9 Å². The molecule has 8 heteroatoms. The van der Waals surface area contributed by atoms with E-state index >= 15 is 0 Å². The van der Waals surface area contributed by atoms with E-state index in [-0.39, 0.29) is 18.3 Å². The maximum absolute atomic E-state index is 12.0. The molecule has 0 saturated heterocycles. The average molecular weight is 405 g/mol. The first-order valence-corrected chi connectivity index (χ1v) is 10.1. The lowest BCUT2D eigenvalue weighted by Gasteiger charge is -2.08. The predicted octanol–water partition coefficient (Wildman–Crippen LogP) is 4.03. The third-order valence-corrected chi connectivity index (χ3v) is 6.01. The summed E-state index contributed by atoms with van der Waals surface area (Å²) in [7, 11) is 1.61. The Morgan fingerprint density at radius 2 is 1.85 bits per heavy atom. The average Bonchev–Trinajstić information content (AvgIpc) is 2.98. The Morgan fingerprint density at radius 3 is 2.59 bits per heavy atom. The lowest BCUT2D eigenvalue weighted by atomic mass is 10.2. The topological polar surface area (TPSA) is 70.5 Å². The van der Waals surface area contributed by atoms with Crippen LogP contribution in [0, 0.1) is 13.8 Å². The highest BCUT2D eigenvalue weighted by Crippen LogP contribution is 2.34. The number of esters is 1. The second-order valence-electron chi connectivity index (χ2n) is 5.68. The van der Waals surface area contributed by atoms with Gasteiger partial charge in [0.25, 0.3) is 0 Å². The number of fused-ring (bicyclic) bond motifs is 1. The normalized spacial score (nSPS) is 10.8. The van der Waals surface area contributed by atoms with Crippen molar-refractivity contribution >= 4 is 39.3 Å². The SMILES string of the molecule is COc1ccc(OCCOC(=O)CSc2ncnc3sc(C)c(C)c23)cc1. The van der Waals surface area contributed by atoms with E-state index in [2.05, 4.69) is 23.8 Å². The molecule has 0 saturated carbocycles. The highest BCUT2D eigenvalue weighted by atomic mass is 32.2. The summed E-state index contributed by atoms with van der Waals surface area (Å²) in [6.07, 6.45) is 1.54. The monoisotopic (exact) mass is 404 g/mol. The van der Waals surface area contributed by atoms with Gasteiger partial charge in [0.1, 0.15) is 40.9 Å². The molecular weight excluding hydrogens is 384 g/mol. The molecule has 0 radical (unpaired) electrons. The molecule has 3 aromatic rings. The Labute approximate surface area is 165 Å². The molecular formula is C19H20N2O4S2. The van der Waals surface area contributed by atoms with E-state index < -0.39 is 0 Å². The molecule has 0 N–H and O–H groups in total. The Kier molecular flexibility index (Phi) is 6.52. The van der Waals surface area contributed by atoms with Crippen LogP contribution < -0.4 is 9.47 Å². The largest absolute Gasteiger partial charge is 0.497 e. The molecule has 2 aromatic heterocycles. The standard InChI is InChI=1S/C19H20N2O4S2/c1-12-13(2)27-19-17(12)18(20-11-21-19)26-10-16(22)25-9-8-24-15-6-4-14(23-3)5-7-15/h4-7,11H,8-10H2,1-3H3. The van der Waals surface area contributed by atoms with Crippen molar-refractivity contribution in [1.29, 1.82) is 0 Å². The fraction of sp³-hybridized carbons (Fsp3) is 0.316. The van der Waals surface area contributed by atoms with Gasteiger partial charge in [-0.25, -0.2) is 9.97 Å². The van der Waals surface area contributed by atoms with Gasteiger partial charge >= 0.3 is 5.97 Å². The van der Waals surface area contributed by atoms with E-state index in [1.807, 2.05) is 24.3 Å². The highest BCUT2D eigenvalue weighted by Gasteiger charge is 2.14. The number of aromatic nitrogens is 2. The van der Waals surface area contributed by atoms with Crippen molar-refractivity contribution < 1.29 is 19.0 Å². The number of rotatable bonds is 8. The molecule has 0 fully saturated rings. The minimum Gasteiger partial charge on any atom is -0.497 e. The number of hydrogen-bond acceptors (Lipinski definition) is 8. The molecule has 0 amide bonds. The zero-order valence-corrected chi connectivity index (χ0v) is 17.0. The number of aryl methyl sites for hydroxylation is 2. The van der Waals surface area contributed by atoms with Gasteiger partial charge in [-0.1, -0.05) is 11.8 Å². The van der Waals surface area contributed by atoms with Crippen LogP contribution in [0.3, 0.4) is 0 Å². The highest BCUT2D eigenvalue weighted by molar-refractivity contribution is 8.00. The van der Waals surface area contributed by atoms with Crippen LogP contribution in [0.15, 0.2) is 35.6 Å². The number of ether oxygens (including phenoxy) is 3. The summed E-state index contributed by atoms with van der Waals surface area (Å²) >= 11 is 3.01. The van der Waals surface area contributed by atoms with E-state index in [0.29, 0.717) is 12.4 Å². The van der Waals surface area contributed by atoms with Crippen LogP contribution in [-0.4, -0.2) is 42.0 Å². The minimum atomic E-state index is -0.297. The van der Waals surface area contributed by atoms with Gasteiger partial charge in [0.15, 0.2) is 0 Å². The maximum Gasteiger partial charge on any atom is 0.316 e. The summed E-state index contributed by atoms with van der Waals surface area (Å²) in [6.45, 7) is 4.61. The summed E-state index contributed by atoms with van der Waals surface area (Å²) in [5, 5.41) is 1.84. The molecule has 142 valence electrons. The number of thiophene rings is 1. The number of carbonyl (C=O) groups is 1. The van der Waals surface area contributed by atoms with Gasteiger partial charge in [0.2, 0.25) is 0 Å². The third kappa shape index (κ3) is 4.90. The van der Waals surface area contributed by atoms with Crippen molar-refractivity contribution in [2.24, 2.45) is 0 Å². The van der Waals surface area contributed by atoms with E-state index in [1.54, 1.807) is 18.4 Å². The number of thioether (sulfide) groups is 1. The number of hydrogen-bond donors (Lipinski definition) is 0. The van der Waals surface area contributed by atoms with Gasteiger partial charge in [0, 0.05) is 10.3 Å². The molecule has 0 bridgehead atoms. The smallest absolute Gasteiger partial charge is 0.316 e. The van der Waals surface area contributed by atoms with Crippen LogP contribution in [-0.2, 0) is 9.53 Å². The van der Waals surface area contributed by atoms with Crippen molar-refractivity contribution in [3.8, 4) is 11.5 Å². The fourth-order valence-corrected chi connectivity index (χ4v) is 4.33. The van der Waals surface area contributed by atoms with Gasteiger partial charge in [-0.2, -0.15) is 0 Å². The lowest BCUT2D eigenvalue weighted by molar-refractivity contribution is -0.141. The van der Waals surface area contributed by atoms with Gasteiger partial charge < -0.3 is 14.2 Å². The Hall–Kier alpha value is -2.32. The molecule has 6 nitrogen and oxygen atoms in total. The number of benzene rings is 1. The van der Waals surface area contributed by atoms with Crippen molar-refractivity contribution in [1.82, 2.24) is 9.97 Å². The van der Waals surface area contributed by atoms with Gasteiger partial charge in [-0.05, 0) is 43.7 Å². The van der Waals surface area contributed by atoms with Crippen LogP contribution in [0.1, 0.15) is 10.4 Å². The second-order valence-corrected chi connectivity index (χ2v) is 7.84. The Balaban J connectivity index is 1.45. The van der Waals surface area contributed by atoms with Crippen LogP contribution in [0.25, 0.3) is 10.2 Å². The number of nitrogens with zero attached hydrogens (tertiary/aromatic N) is 2. The Bertz CT molecular complexity index is 925. The first-order valence-electron chi connectivity index (χ1n) is 8.34. The van der Waals surface area contributed by atoms with Crippen molar-refractivity contribution in [2.45, 2.75) is 18.9 Å². The molecule has 0 aliphatic carbocycles. The summed E-state index contributed by atoms with van der Waals surface area (Å²) in [5.74, 6) is 1.37. The lowest BCUT2D eigenvalue weighted by Crippen LogP contribution is -2.13. The van der Waals surface area contributed by atoms with Crippen LogP contribution in [0.2, 0.25) is 0 Å². The van der Waals surface area contributed by atoms with Gasteiger partial charge in [-0.15, -0.1) is 11.3 Å². The summed E-state index contributed by atoms with van der Waals surface area (Å²) in [5.41, 5.74) is 1.17. The fourth-order valence-electron chi connectivity index (χ4n) is 2.42. The number of methoxy groups -OCH3 is 1. The molecule has 27 heavy (non-hydrogen) atoms. The summed E-state index contributed by atoms with van der Waals surface area (Å²) in [4.78, 5) is 22.8. The zero-order valence-electron chi connectivity index (χ0n) is 15.4. The Morgan fingerprint density at radius 1 is 1.11 bits per heavy atom. The molecule has 0 atom stereocenters. The molecule has 3 rings (SSSR count). The molecule has 0 unspecified atom stereocenters. The molecule has 0 aliphatic rings. The third-order valence-electron chi connectivity index (χ3n) is 3.93. The minimum absolute atomic E-state index is 0.196. The van der Waals surface area contributed by atoms with Crippen molar-refractivity contribution in [2.75, 3.05) is 26.1 Å². The zero-order chi connectivity index (χ0) is 19.2. The summed E-state index contributed by atoms with van der Waals surface area (Å²) in [6, 6.07) is 7.24.